The average molecular weight is 377 g/mol. The molecule has 0 amide bonds. The topological polar surface area (TPSA) is 217 Å². The quantitative estimate of drug-likeness (QED) is 0.208. The Morgan fingerprint density at radius 1 is 0.615 bits per heavy atom. The summed E-state index contributed by atoms with van der Waals surface area (Å²) < 4.78 is 0. The normalized spacial score (nSPS) is 9.19. The fraction of sp³-hybridized carbons (Fsp3) is 0.0588. The largest absolute Gasteiger partial charge is 0.398 e. The van der Waals surface area contributed by atoms with Gasteiger partial charge in [-0.05, 0) is 25.2 Å². The molecule has 0 spiro atoms. The van der Waals surface area contributed by atoms with Gasteiger partial charge >= 0.3 is 0 Å². The van der Waals surface area contributed by atoms with Crippen molar-refractivity contribution in [2.24, 2.45) is 5.73 Å². The van der Waals surface area contributed by atoms with Crippen molar-refractivity contribution in [1.82, 2.24) is 6.15 Å². The lowest BCUT2D eigenvalue weighted by Crippen LogP contribution is -2.04. The highest BCUT2D eigenvalue weighted by Crippen LogP contribution is 2.33. The van der Waals surface area contributed by atoms with Crippen LogP contribution in [-0.4, -0.2) is 7.05 Å². The van der Waals surface area contributed by atoms with E-state index in [0.717, 1.165) is 22.1 Å². The van der Waals surface area contributed by atoms with E-state index in [0.29, 0.717) is 27.6 Å². The van der Waals surface area contributed by atoms with Crippen LogP contribution >= 0.6 is 12.6 Å². The van der Waals surface area contributed by atoms with Crippen molar-refractivity contribution in [1.29, 1.82) is 0 Å². The minimum Gasteiger partial charge on any atom is -0.398 e. The summed E-state index contributed by atoms with van der Waals surface area (Å²) in [5, 5.41) is 2.05. The van der Waals surface area contributed by atoms with Crippen LogP contribution in [0.25, 0.3) is 10.8 Å². The summed E-state index contributed by atoms with van der Waals surface area (Å²) in [6.07, 6.45) is 0. The first kappa shape index (κ1) is 23.0. The van der Waals surface area contributed by atoms with Crippen LogP contribution in [-0.2, 0) is 0 Å². The fourth-order valence-corrected chi connectivity index (χ4v) is 2.35. The predicted octanol–water partition coefficient (Wildman–Crippen LogP) is 2.05. The molecular weight excluding hydrogens is 348 g/mol. The molecule has 142 valence electrons. The number of nitrogens with two attached hydrogens (primary N) is 7. The van der Waals surface area contributed by atoms with Crippen LogP contribution in [0.1, 0.15) is 0 Å². The van der Waals surface area contributed by atoms with E-state index < -0.39 is 0 Å². The van der Waals surface area contributed by atoms with E-state index in [1.165, 1.54) is 7.05 Å². The molecule has 0 heterocycles. The van der Waals surface area contributed by atoms with Crippen LogP contribution in [0, 0.1) is 0 Å². The van der Waals surface area contributed by atoms with E-state index in [-0.39, 0.29) is 6.15 Å². The smallest absolute Gasteiger partial charge is 0.0814 e. The van der Waals surface area contributed by atoms with Crippen molar-refractivity contribution < 1.29 is 0 Å². The first-order valence-corrected chi connectivity index (χ1v) is 7.80. The zero-order chi connectivity index (χ0) is 19.1. The second-order valence-corrected chi connectivity index (χ2v) is 5.50. The standard InChI is InChI=1S/C10H10N2.C6H10N4S.CH5N.H3N/c11-9-5-6-10(12)8-4-2-1-3-7(8)9;7-2-1-3(11)5(9)6(10)4(2)8;1-2;/h1-6H,11-12H2;1,11H,7-10H2;2H2,1H3;1H3. The molecule has 26 heavy (non-hydrogen) atoms. The second-order valence-electron chi connectivity index (χ2n) is 5.02. The van der Waals surface area contributed by atoms with Crippen molar-refractivity contribution in [3.8, 4) is 0 Å². The lowest BCUT2D eigenvalue weighted by molar-refractivity contribution is 1.47. The first-order chi connectivity index (χ1) is 11.8. The Labute approximate surface area is 158 Å². The van der Waals surface area contributed by atoms with Crippen LogP contribution in [0.4, 0.5) is 34.1 Å². The number of thiol groups is 1. The van der Waals surface area contributed by atoms with E-state index in [1.54, 1.807) is 6.07 Å². The number of benzene rings is 3. The molecule has 3 aromatic rings. The zero-order valence-electron chi connectivity index (χ0n) is 14.7. The molecule has 0 saturated heterocycles. The molecule has 0 unspecified atom stereocenters. The van der Waals surface area contributed by atoms with E-state index in [1.807, 2.05) is 36.4 Å². The number of nitrogen functional groups attached to an aromatic ring is 6. The van der Waals surface area contributed by atoms with E-state index in [2.05, 4.69) is 18.4 Å². The van der Waals surface area contributed by atoms with Crippen LogP contribution in [0.5, 0.6) is 0 Å². The maximum atomic E-state index is 5.77. The molecule has 0 aliphatic carbocycles. The van der Waals surface area contributed by atoms with Gasteiger partial charge in [0.25, 0.3) is 0 Å². The highest BCUT2D eigenvalue weighted by Gasteiger charge is 2.06. The summed E-state index contributed by atoms with van der Waals surface area (Å²) in [4.78, 5) is 0.550. The van der Waals surface area contributed by atoms with Gasteiger partial charge in [-0.15, -0.1) is 12.6 Å². The summed E-state index contributed by atoms with van der Waals surface area (Å²) in [5.41, 5.74) is 41.0. The van der Waals surface area contributed by atoms with Crippen molar-refractivity contribution in [2.45, 2.75) is 4.90 Å². The summed E-state index contributed by atoms with van der Waals surface area (Å²) in [6.45, 7) is 0. The molecule has 0 fully saturated rings. The highest BCUT2D eigenvalue weighted by atomic mass is 32.1. The monoisotopic (exact) mass is 376 g/mol. The Balaban J connectivity index is 0.000000426. The molecule has 0 aromatic heterocycles. The van der Waals surface area contributed by atoms with E-state index in [4.69, 9.17) is 34.4 Å². The minimum absolute atomic E-state index is 0. The van der Waals surface area contributed by atoms with Crippen LogP contribution in [0.15, 0.2) is 47.4 Å². The molecule has 0 radical (unpaired) electrons. The molecule has 0 aliphatic rings. The van der Waals surface area contributed by atoms with Gasteiger partial charge in [0.05, 0.1) is 22.7 Å². The van der Waals surface area contributed by atoms with Gasteiger partial charge in [0.2, 0.25) is 0 Å². The molecule has 0 saturated carbocycles. The van der Waals surface area contributed by atoms with Gasteiger partial charge in [-0.1, -0.05) is 24.3 Å². The van der Waals surface area contributed by atoms with Crippen LogP contribution < -0.4 is 46.3 Å². The average Bonchev–Trinajstić information content (AvgIpc) is 2.64. The van der Waals surface area contributed by atoms with E-state index in [9.17, 15) is 0 Å². The number of hydrogen-bond acceptors (Lipinski definition) is 9. The van der Waals surface area contributed by atoms with Crippen molar-refractivity contribution in [3.63, 3.8) is 0 Å². The molecule has 8 nitrogen and oxygen atoms in total. The van der Waals surface area contributed by atoms with Gasteiger partial charge in [-0.3, -0.25) is 0 Å². The number of anilines is 6. The Hall–Kier alpha value is -3.01. The number of rotatable bonds is 0. The van der Waals surface area contributed by atoms with Crippen molar-refractivity contribution in [2.75, 3.05) is 41.4 Å². The van der Waals surface area contributed by atoms with Crippen molar-refractivity contribution >= 4 is 57.5 Å². The first-order valence-electron chi connectivity index (χ1n) is 7.35. The number of hydrogen-bond donors (Lipinski definition) is 9. The van der Waals surface area contributed by atoms with Gasteiger partial charge in [-0.2, -0.15) is 0 Å². The minimum atomic E-state index is 0. The molecule has 0 bridgehead atoms. The number of fused-ring (bicyclic) bond motifs is 1. The van der Waals surface area contributed by atoms with Crippen LogP contribution in [0.3, 0.4) is 0 Å². The highest BCUT2D eigenvalue weighted by molar-refractivity contribution is 7.80. The molecule has 0 atom stereocenters. The third kappa shape index (κ3) is 4.99. The molecule has 0 aliphatic heterocycles. The predicted molar refractivity (Wildman–Crippen MR) is 119 cm³/mol. The summed E-state index contributed by atoms with van der Waals surface area (Å²) in [7, 11) is 1.50. The third-order valence-corrected chi connectivity index (χ3v) is 3.82. The van der Waals surface area contributed by atoms with Crippen molar-refractivity contribution in [3.05, 3.63) is 42.5 Å². The zero-order valence-corrected chi connectivity index (χ0v) is 15.6. The Kier molecular flexibility index (Phi) is 8.92. The molecule has 17 N–H and O–H groups in total. The summed E-state index contributed by atoms with van der Waals surface area (Å²) in [6, 6.07) is 13.1. The maximum Gasteiger partial charge on any atom is 0.0814 e. The van der Waals surface area contributed by atoms with Gasteiger partial charge in [0, 0.05) is 27.0 Å². The summed E-state index contributed by atoms with van der Waals surface area (Å²) >= 11 is 4.04. The second kappa shape index (κ2) is 10.1. The third-order valence-electron chi connectivity index (χ3n) is 3.45. The summed E-state index contributed by atoms with van der Waals surface area (Å²) in [5.74, 6) is 0. The van der Waals surface area contributed by atoms with Gasteiger partial charge in [0.1, 0.15) is 0 Å². The SMILES string of the molecule is CN.N.Nc1cc(S)c(N)c(N)c1N.Nc1ccc(N)c2ccccc12. The molecule has 3 rings (SSSR count). The lowest BCUT2D eigenvalue weighted by Gasteiger charge is -2.08. The van der Waals surface area contributed by atoms with Gasteiger partial charge in [-0.25, -0.2) is 0 Å². The fourth-order valence-electron chi connectivity index (χ4n) is 2.09. The van der Waals surface area contributed by atoms with E-state index >= 15 is 0 Å². The molecular formula is C17H28N8S. The Morgan fingerprint density at radius 2 is 1.04 bits per heavy atom. The maximum absolute atomic E-state index is 5.77. The Bertz CT molecular complexity index is 800. The molecule has 9 heteroatoms. The van der Waals surface area contributed by atoms with Gasteiger partial charge < -0.3 is 46.3 Å². The Morgan fingerprint density at radius 3 is 1.46 bits per heavy atom. The lowest BCUT2D eigenvalue weighted by atomic mass is 10.1. The van der Waals surface area contributed by atoms with Crippen LogP contribution in [0.2, 0.25) is 0 Å². The van der Waals surface area contributed by atoms with Gasteiger partial charge in [0.15, 0.2) is 0 Å². The molecule has 3 aromatic carbocycles.